The number of ether oxygens (including phenoxy) is 1. The van der Waals surface area contributed by atoms with Gasteiger partial charge in [-0.15, -0.1) is 0 Å². The van der Waals surface area contributed by atoms with Gasteiger partial charge in [0.05, 0.1) is 19.8 Å². The Balaban J connectivity index is 1.48. The summed E-state index contributed by atoms with van der Waals surface area (Å²) in [7, 11) is 4.16. The molecule has 1 amide bonds. The fourth-order valence-corrected chi connectivity index (χ4v) is 5.08. The average Bonchev–Trinajstić information content (AvgIpc) is 3.22. The van der Waals surface area contributed by atoms with E-state index < -0.39 is 0 Å². The lowest BCUT2D eigenvalue weighted by Crippen LogP contribution is -2.46. The first kappa shape index (κ1) is 20.0. The van der Waals surface area contributed by atoms with Gasteiger partial charge in [0.15, 0.2) is 11.5 Å². The van der Waals surface area contributed by atoms with Crippen molar-refractivity contribution in [3.63, 3.8) is 0 Å². The number of nitrogens with zero attached hydrogens (tertiary/aromatic N) is 7. The minimum Gasteiger partial charge on any atom is -0.379 e. The highest BCUT2D eigenvalue weighted by molar-refractivity contribution is 5.79. The van der Waals surface area contributed by atoms with Crippen LogP contribution < -0.4 is 4.90 Å². The highest BCUT2D eigenvalue weighted by Crippen LogP contribution is 2.44. The molecule has 1 aromatic heterocycles. The molecule has 3 aliphatic heterocycles. The van der Waals surface area contributed by atoms with Crippen molar-refractivity contribution in [2.24, 2.45) is 11.3 Å². The third-order valence-electron chi connectivity index (χ3n) is 6.29. The van der Waals surface area contributed by atoms with E-state index in [1.54, 1.807) is 12.4 Å². The number of carbonyl (C=O) groups is 1. The van der Waals surface area contributed by atoms with Gasteiger partial charge in [-0.1, -0.05) is 0 Å². The molecule has 0 aliphatic carbocycles. The van der Waals surface area contributed by atoms with Crippen LogP contribution in [0, 0.1) is 22.7 Å². The van der Waals surface area contributed by atoms with Gasteiger partial charge in [0.2, 0.25) is 5.91 Å². The Morgan fingerprint density at radius 3 is 2.76 bits per heavy atom. The maximum Gasteiger partial charge on any atom is 0.236 e. The van der Waals surface area contributed by atoms with E-state index >= 15 is 0 Å². The Hall–Kier alpha value is -2.28. The number of hydrogen-bond donors (Lipinski definition) is 0. The van der Waals surface area contributed by atoms with E-state index in [0.29, 0.717) is 37.2 Å². The smallest absolute Gasteiger partial charge is 0.236 e. The van der Waals surface area contributed by atoms with Gasteiger partial charge in [0.25, 0.3) is 0 Å². The first-order valence-electron chi connectivity index (χ1n) is 10.2. The zero-order valence-corrected chi connectivity index (χ0v) is 17.3. The molecule has 1 aromatic rings. The fourth-order valence-electron chi connectivity index (χ4n) is 5.08. The van der Waals surface area contributed by atoms with Gasteiger partial charge in [-0.05, 0) is 14.1 Å². The molecular weight excluding hydrogens is 370 g/mol. The van der Waals surface area contributed by atoms with E-state index in [9.17, 15) is 10.1 Å². The second kappa shape index (κ2) is 8.22. The number of nitriles is 1. The standard InChI is InChI=1S/C20H29N7O2/c1-24(2)13-20-14-26(18(28)12-25-5-7-29-8-6-25)10-16(20)11-27(15-20)19-17(9-21)22-3-4-23-19/h3-4,16H,5-8,10-15H2,1-2H3/t16-,20+/m1/s1. The van der Waals surface area contributed by atoms with E-state index in [1.807, 2.05) is 4.90 Å². The second-order valence-corrected chi connectivity index (χ2v) is 8.68. The Labute approximate surface area is 171 Å². The summed E-state index contributed by atoms with van der Waals surface area (Å²) in [5.41, 5.74) is 0.349. The number of likely N-dealkylation sites (tertiary alicyclic amines) is 1. The lowest BCUT2D eigenvalue weighted by atomic mass is 9.80. The molecule has 156 valence electrons. The summed E-state index contributed by atoms with van der Waals surface area (Å²) in [5.74, 6) is 1.23. The van der Waals surface area contributed by atoms with Crippen LogP contribution >= 0.6 is 0 Å². The number of carbonyl (C=O) groups excluding carboxylic acids is 1. The molecule has 29 heavy (non-hydrogen) atoms. The van der Waals surface area contributed by atoms with Crippen LogP contribution in [-0.2, 0) is 9.53 Å². The number of hydrogen-bond acceptors (Lipinski definition) is 8. The molecular formula is C20H29N7O2. The van der Waals surface area contributed by atoms with Crippen molar-refractivity contribution < 1.29 is 9.53 Å². The number of fused-ring (bicyclic) bond motifs is 1. The fraction of sp³-hybridized carbons (Fsp3) is 0.700. The quantitative estimate of drug-likeness (QED) is 0.655. The first-order valence-corrected chi connectivity index (χ1v) is 10.2. The summed E-state index contributed by atoms with van der Waals surface area (Å²) < 4.78 is 5.39. The average molecular weight is 399 g/mol. The van der Waals surface area contributed by atoms with Gasteiger partial charge in [0, 0.05) is 69.5 Å². The SMILES string of the molecule is CN(C)C[C@@]12CN(C(=O)CN3CCOCC3)C[C@@H]1CN(c1nccnc1C#N)C2. The normalized spacial score (nSPS) is 27.3. The third-order valence-corrected chi connectivity index (χ3v) is 6.29. The number of aromatic nitrogens is 2. The molecule has 4 heterocycles. The van der Waals surface area contributed by atoms with Crippen LogP contribution in [0.3, 0.4) is 0 Å². The molecule has 0 aromatic carbocycles. The summed E-state index contributed by atoms with van der Waals surface area (Å²) in [5, 5.41) is 9.41. The molecule has 2 atom stereocenters. The van der Waals surface area contributed by atoms with E-state index in [4.69, 9.17) is 4.74 Å². The van der Waals surface area contributed by atoms with Gasteiger partial charge in [-0.2, -0.15) is 5.26 Å². The Morgan fingerprint density at radius 1 is 1.28 bits per heavy atom. The van der Waals surface area contributed by atoms with Crippen LogP contribution in [0.5, 0.6) is 0 Å². The zero-order chi connectivity index (χ0) is 20.4. The summed E-state index contributed by atoms with van der Waals surface area (Å²) in [6.45, 7) is 7.51. The van der Waals surface area contributed by atoms with Gasteiger partial charge in [0.1, 0.15) is 6.07 Å². The second-order valence-electron chi connectivity index (χ2n) is 8.68. The number of morpholine rings is 1. The van der Waals surface area contributed by atoms with E-state index in [2.05, 4.69) is 44.8 Å². The molecule has 3 fully saturated rings. The highest BCUT2D eigenvalue weighted by Gasteiger charge is 2.54. The molecule has 0 bridgehead atoms. The van der Waals surface area contributed by atoms with Crippen LogP contribution in [0.25, 0.3) is 0 Å². The van der Waals surface area contributed by atoms with Crippen molar-refractivity contribution in [3.8, 4) is 6.07 Å². The third kappa shape index (κ3) is 4.06. The van der Waals surface area contributed by atoms with Crippen molar-refractivity contribution in [2.45, 2.75) is 0 Å². The predicted molar refractivity (Wildman–Crippen MR) is 107 cm³/mol. The van der Waals surface area contributed by atoms with Crippen LogP contribution in [-0.4, -0.2) is 110 Å². The summed E-state index contributed by atoms with van der Waals surface area (Å²) in [6.07, 6.45) is 3.20. The Kier molecular flexibility index (Phi) is 5.67. The van der Waals surface area contributed by atoms with Gasteiger partial charge in [-0.3, -0.25) is 9.69 Å². The minimum absolute atomic E-state index is 0.0194. The molecule has 0 N–H and O–H groups in total. The maximum atomic E-state index is 13.0. The first-order chi connectivity index (χ1) is 14.0. The largest absolute Gasteiger partial charge is 0.379 e. The van der Waals surface area contributed by atoms with Crippen molar-refractivity contribution in [1.29, 1.82) is 5.26 Å². The summed E-state index contributed by atoms with van der Waals surface area (Å²) in [6, 6.07) is 2.16. The Bertz CT molecular complexity index is 789. The molecule has 3 saturated heterocycles. The maximum absolute atomic E-state index is 13.0. The van der Waals surface area contributed by atoms with Crippen LogP contribution in [0.1, 0.15) is 5.69 Å². The number of rotatable bonds is 5. The van der Waals surface area contributed by atoms with Crippen molar-refractivity contribution in [2.75, 3.05) is 84.6 Å². The zero-order valence-electron chi connectivity index (χ0n) is 17.3. The number of anilines is 1. The number of amides is 1. The monoisotopic (exact) mass is 399 g/mol. The minimum atomic E-state index is -0.0194. The molecule has 4 rings (SSSR count). The van der Waals surface area contributed by atoms with Gasteiger partial charge < -0.3 is 19.4 Å². The summed E-state index contributed by atoms with van der Waals surface area (Å²) >= 11 is 0. The van der Waals surface area contributed by atoms with Crippen molar-refractivity contribution in [1.82, 2.24) is 24.7 Å². The van der Waals surface area contributed by atoms with E-state index in [-0.39, 0.29) is 11.3 Å². The molecule has 3 aliphatic rings. The molecule has 0 unspecified atom stereocenters. The topological polar surface area (TPSA) is 88.8 Å². The molecule has 9 nitrogen and oxygen atoms in total. The lowest BCUT2D eigenvalue weighted by molar-refractivity contribution is -0.132. The lowest BCUT2D eigenvalue weighted by Gasteiger charge is -2.33. The van der Waals surface area contributed by atoms with E-state index in [0.717, 1.165) is 45.8 Å². The highest BCUT2D eigenvalue weighted by atomic mass is 16.5. The van der Waals surface area contributed by atoms with Crippen LogP contribution in [0.2, 0.25) is 0 Å². The molecule has 0 saturated carbocycles. The van der Waals surface area contributed by atoms with Crippen LogP contribution in [0.4, 0.5) is 5.82 Å². The molecule has 0 radical (unpaired) electrons. The van der Waals surface area contributed by atoms with Gasteiger partial charge >= 0.3 is 0 Å². The van der Waals surface area contributed by atoms with Crippen LogP contribution in [0.15, 0.2) is 12.4 Å². The molecule has 0 spiro atoms. The van der Waals surface area contributed by atoms with Crippen molar-refractivity contribution in [3.05, 3.63) is 18.1 Å². The predicted octanol–water partition coefficient (Wildman–Crippen LogP) is -0.493. The van der Waals surface area contributed by atoms with Crippen molar-refractivity contribution >= 4 is 11.7 Å². The Morgan fingerprint density at radius 2 is 2.03 bits per heavy atom. The summed E-state index contributed by atoms with van der Waals surface area (Å²) in [4.78, 5) is 30.2. The molecule has 9 heteroatoms. The van der Waals surface area contributed by atoms with E-state index in [1.165, 1.54) is 0 Å². The van der Waals surface area contributed by atoms with Gasteiger partial charge in [-0.25, -0.2) is 9.97 Å².